The van der Waals surface area contributed by atoms with E-state index in [2.05, 4.69) is 12.2 Å². The summed E-state index contributed by atoms with van der Waals surface area (Å²) in [5, 5.41) is 3.34. The minimum Gasteiger partial charge on any atom is -0.469 e. The highest BCUT2D eigenvalue weighted by molar-refractivity contribution is 5.24. The van der Waals surface area contributed by atoms with Crippen LogP contribution in [0.2, 0.25) is 0 Å². The third-order valence-corrected chi connectivity index (χ3v) is 3.26. The van der Waals surface area contributed by atoms with Crippen LogP contribution in [-0.4, -0.2) is 6.04 Å². The molecule has 1 N–H and O–H groups in total. The Hall–Kier alpha value is -1.68. The smallest absolute Gasteiger partial charge is 0.263 e. The number of hydrogen-bond acceptors (Lipinski definition) is 2. The zero-order valence-electron chi connectivity index (χ0n) is 11.5. The van der Waals surface area contributed by atoms with Crippen LogP contribution in [0.3, 0.4) is 0 Å². The first-order valence-corrected chi connectivity index (χ1v) is 6.78. The van der Waals surface area contributed by atoms with Crippen LogP contribution in [0.15, 0.2) is 47.1 Å². The Labute approximate surface area is 117 Å². The molecule has 20 heavy (non-hydrogen) atoms. The van der Waals surface area contributed by atoms with Crippen molar-refractivity contribution >= 4 is 0 Å². The third kappa shape index (κ3) is 4.46. The van der Waals surface area contributed by atoms with Gasteiger partial charge in [0.25, 0.3) is 6.43 Å². The molecule has 0 amide bonds. The van der Waals surface area contributed by atoms with Crippen LogP contribution in [0, 0.1) is 0 Å². The molecule has 0 saturated carbocycles. The molecule has 1 unspecified atom stereocenters. The Morgan fingerprint density at radius 3 is 2.75 bits per heavy atom. The number of hydrogen-bond donors (Lipinski definition) is 1. The number of alkyl halides is 2. The summed E-state index contributed by atoms with van der Waals surface area (Å²) >= 11 is 0. The van der Waals surface area contributed by atoms with E-state index in [9.17, 15) is 8.78 Å². The van der Waals surface area contributed by atoms with E-state index < -0.39 is 6.43 Å². The lowest BCUT2D eigenvalue weighted by molar-refractivity contribution is 0.151. The predicted octanol–water partition coefficient (Wildman–Crippen LogP) is 4.33. The summed E-state index contributed by atoms with van der Waals surface area (Å²) in [5.74, 6) is 0.971. The molecule has 1 heterocycles. The molecule has 1 atom stereocenters. The number of aryl methyl sites for hydroxylation is 1. The van der Waals surface area contributed by atoms with Crippen LogP contribution in [0.4, 0.5) is 8.78 Å². The van der Waals surface area contributed by atoms with Gasteiger partial charge in [-0.05, 0) is 37.1 Å². The Kier molecular flexibility index (Phi) is 5.30. The summed E-state index contributed by atoms with van der Waals surface area (Å²) < 4.78 is 30.5. The number of halogens is 2. The van der Waals surface area contributed by atoms with Crippen LogP contribution in [-0.2, 0) is 13.0 Å². The van der Waals surface area contributed by atoms with Crippen LogP contribution < -0.4 is 5.32 Å². The van der Waals surface area contributed by atoms with Crippen molar-refractivity contribution in [2.45, 2.75) is 38.8 Å². The Morgan fingerprint density at radius 1 is 1.20 bits per heavy atom. The fraction of sp³-hybridized carbons (Fsp3) is 0.375. The zero-order chi connectivity index (χ0) is 14.4. The average Bonchev–Trinajstić information content (AvgIpc) is 2.96. The van der Waals surface area contributed by atoms with Crippen molar-refractivity contribution in [2.24, 2.45) is 0 Å². The van der Waals surface area contributed by atoms with Gasteiger partial charge in [0.15, 0.2) is 0 Å². The second-order valence-corrected chi connectivity index (χ2v) is 4.95. The van der Waals surface area contributed by atoms with Gasteiger partial charge < -0.3 is 9.73 Å². The van der Waals surface area contributed by atoms with E-state index >= 15 is 0 Å². The van der Waals surface area contributed by atoms with Gasteiger partial charge in [0.1, 0.15) is 5.76 Å². The molecule has 0 spiro atoms. The average molecular weight is 279 g/mol. The van der Waals surface area contributed by atoms with Crippen molar-refractivity contribution in [3.63, 3.8) is 0 Å². The molecular weight excluding hydrogens is 260 g/mol. The van der Waals surface area contributed by atoms with Crippen molar-refractivity contribution in [2.75, 3.05) is 0 Å². The number of benzene rings is 1. The highest BCUT2D eigenvalue weighted by Gasteiger charge is 2.08. The van der Waals surface area contributed by atoms with E-state index in [0.717, 1.165) is 24.2 Å². The summed E-state index contributed by atoms with van der Waals surface area (Å²) in [4.78, 5) is 0. The maximum absolute atomic E-state index is 12.6. The van der Waals surface area contributed by atoms with Crippen LogP contribution >= 0.6 is 0 Å². The third-order valence-electron chi connectivity index (χ3n) is 3.26. The molecule has 0 aliphatic carbocycles. The van der Waals surface area contributed by atoms with Crippen LogP contribution in [0.25, 0.3) is 0 Å². The van der Waals surface area contributed by atoms with E-state index in [1.165, 1.54) is 6.07 Å². The lowest BCUT2D eigenvalue weighted by atomic mass is 10.1. The van der Waals surface area contributed by atoms with Gasteiger partial charge in [-0.3, -0.25) is 0 Å². The highest BCUT2D eigenvalue weighted by Crippen LogP contribution is 2.19. The van der Waals surface area contributed by atoms with Crippen molar-refractivity contribution in [1.82, 2.24) is 5.32 Å². The number of nitrogens with one attached hydrogen (secondary N) is 1. The number of furan rings is 1. The molecule has 0 aliphatic heterocycles. The van der Waals surface area contributed by atoms with Crippen molar-refractivity contribution in [1.29, 1.82) is 0 Å². The lowest BCUT2D eigenvalue weighted by Gasteiger charge is -2.13. The van der Waals surface area contributed by atoms with Gasteiger partial charge >= 0.3 is 0 Å². The van der Waals surface area contributed by atoms with Gasteiger partial charge in [-0.15, -0.1) is 0 Å². The second-order valence-electron chi connectivity index (χ2n) is 4.95. The fourth-order valence-corrected chi connectivity index (χ4v) is 2.05. The first kappa shape index (κ1) is 14.7. The molecule has 1 aromatic heterocycles. The van der Waals surface area contributed by atoms with E-state index in [4.69, 9.17) is 4.42 Å². The molecule has 2 nitrogen and oxygen atoms in total. The highest BCUT2D eigenvalue weighted by atomic mass is 19.3. The molecule has 4 heteroatoms. The monoisotopic (exact) mass is 279 g/mol. The van der Waals surface area contributed by atoms with Gasteiger partial charge in [0.2, 0.25) is 0 Å². The topological polar surface area (TPSA) is 25.2 Å². The molecular formula is C16H19F2NO. The maximum atomic E-state index is 12.6. The fourth-order valence-electron chi connectivity index (χ4n) is 2.05. The van der Waals surface area contributed by atoms with E-state index in [1.807, 2.05) is 18.2 Å². The Balaban J connectivity index is 1.78. The largest absolute Gasteiger partial charge is 0.469 e. The van der Waals surface area contributed by atoms with Gasteiger partial charge in [0.05, 0.1) is 6.26 Å². The maximum Gasteiger partial charge on any atom is 0.263 e. The SMILES string of the molecule is CC(CCc1ccco1)NCc1cccc(C(F)F)c1. The molecule has 0 aliphatic rings. The first-order valence-electron chi connectivity index (χ1n) is 6.78. The molecule has 2 rings (SSSR count). The number of rotatable bonds is 7. The quantitative estimate of drug-likeness (QED) is 0.816. The summed E-state index contributed by atoms with van der Waals surface area (Å²) in [6, 6.07) is 10.7. The van der Waals surface area contributed by atoms with Crippen molar-refractivity contribution in [3.05, 3.63) is 59.5 Å². The molecule has 0 radical (unpaired) electrons. The normalized spacial score (nSPS) is 12.8. The predicted molar refractivity (Wildman–Crippen MR) is 74.7 cm³/mol. The minimum atomic E-state index is -2.41. The zero-order valence-corrected chi connectivity index (χ0v) is 11.5. The molecule has 0 saturated heterocycles. The molecule has 108 valence electrons. The first-order chi connectivity index (χ1) is 9.65. The molecule has 0 fully saturated rings. The van der Waals surface area contributed by atoms with Gasteiger partial charge in [-0.1, -0.05) is 18.2 Å². The summed E-state index contributed by atoms with van der Waals surface area (Å²) in [5.41, 5.74) is 0.959. The van der Waals surface area contributed by atoms with Gasteiger partial charge in [0, 0.05) is 24.6 Å². The van der Waals surface area contributed by atoms with Crippen molar-refractivity contribution in [3.8, 4) is 0 Å². The van der Waals surface area contributed by atoms with E-state index in [0.29, 0.717) is 12.6 Å². The summed E-state index contributed by atoms with van der Waals surface area (Å²) in [6.07, 6.45) is 1.08. The van der Waals surface area contributed by atoms with Gasteiger partial charge in [-0.2, -0.15) is 0 Å². The molecule has 1 aromatic carbocycles. The lowest BCUT2D eigenvalue weighted by Crippen LogP contribution is -2.25. The van der Waals surface area contributed by atoms with Crippen LogP contribution in [0.5, 0.6) is 0 Å². The van der Waals surface area contributed by atoms with E-state index in [1.54, 1.807) is 18.4 Å². The van der Waals surface area contributed by atoms with Crippen LogP contribution in [0.1, 0.15) is 36.7 Å². The van der Waals surface area contributed by atoms with Gasteiger partial charge in [-0.25, -0.2) is 8.78 Å². The molecule has 2 aromatic rings. The second kappa shape index (κ2) is 7.20. The summed E-state index contributed by atoms with van der Waals surface area (Å²) in [7, 11) is 0. The Bertz CT molecular complexity index is 511. The standard InChI is InChI=1S/C16H19F2NO/c1-12(7-8-15-6-3-9-20-15)19-11-13-4-2-5-14(10-13)16(17)18/h2-6,9-10,12,16,19H,7-8,11H2,1H3. The minimum absolute atomic E-state index is 0.0764. The summed E-state index contributed by atoms with van der Waals surface area (Å²) in [6.45, 7) is 2.68. The van der Waals surface area contributed by atoms with Crippen molar-refractivity contribution < 1.29 is 13.2 Å². The Morgan fingerprint density at radius 2 is 2.05 bits per heavy atom. The van der Waals surface area contributed by atoms with E-state index in [-0.39, 0.29) is 5.56 Å². The molecule has 0 bridgehead atoms.